The maximum Gasteiger partial charge on any atom is 0.417 e. The van der Waals surface area contributed by atoms with E-state index >= 15 is 8.78 Å². The summed E-state index contributed by atoms with van der Waals surface area (Å²) in [7, 11) is 3.32. The number of aryl methyl sites for hydroxylation is 1. The number of aromatic nitrogens is 3. The van der Waals surface area contributed by atoms with Gasteiger partial charge in [-0.25, -0.2) is 13.8 Å². The zero-order chi connectivity index (χ0) is 36.6. The molecule has 5 aromatic rings. The van der Waals surface area contributed by atoms with E-state index in [9.17, 15) is 27.9 Å². The molecule has 2 aliphatic heterocycles. The average Bonchev–Trinajstić information content (AvgIpc) is 3.60. The van der Waals surface area contributed by atoms with Gasteiger partial charge in [-0.2, -0.15) is 13.2 Å². The molecular weight excluding hydrogens is 671 g/mol. The van der Waals surface area contributed by atoms with Crippen LogP contribution in [0.1, 0.15) is 47.4 Å². The van der Waals surface area contributed by atoms with Gasteiger partial charge in [0.1, 0.15) is 22.8 Å². The van der Waals surface area contributed by atoms with Crippen LogP contribution in [0.5, 0.6) is 0 Å². The number of amides is 1. The van der Waals surface area contributed by atoms with Gasteiger partial charge in [-0.3, -0.25) is 14.5 Å². The van der Waals surface area contributed by atoms with Crippen LogP contribution in [0.3, 0.4) is 0 Å². The summed E-state index contributed by atoms with van der Waals surface area (Å²) in [6.07, 6.45) is 2.12. The number of aliphatic hydroxyl groups is 1. The fourth-order valence-electron chi connectivity index (χ4n) is 7.31. The summed E-state index contributed by atoms with van der Waals surface area (Å²) in [4.78, 5) is 34.6. The van der Waals surface area contributed by atoms with E-state index in [1.165, 1.54) is 33.6 Å². The first kappa shape index (κ1) is 34.4. The monoisotopic (exact) mass is 706 g/mol. The summed E-state index contributed by atoms with van der Waals surface area (Å²) in [5, 5.41) is 12.4. The van der Waals surface area contributed by atoms with Gasteiger partial charge >= 0.3 is 6.18 Å². The molecule has 14 heteroatoms. The molecular formula is C37H35F5N6O3. The lowest BCUT2D eigenvalue weighted by atomic mass is 9.88. The number of fused-ring (bicyclic) bond motifs is 4. The number of anilines is 2. The molecule has 0 bridgehead atoms. The van der Waals surface area contributed by atoms with Crippen molar-refractivity contribution in [2.75, 3.05) is 36.9 Å². The molecule has 0 aliphatic carbocycles. The fourth-order valence-corrected chi connectivity index (χ4v) is 7.31. The fraction of sp³-hybridized carbons (Fsp3) is 0.324. The van der Waals surface area contributed by atoms with Crippen LogP contribution < -0.4 is 10.2 Å². The van der Waals surface area contributed by atoms with Gasteiger partial charge in [0.05, 0.1) is 39.9 Å². The number of likely N-dealkylation sites (N-methyl/N-ethyl adjacent to an activating group) is 1. The molecule has 2 N–H and O–H groups in total. The molecule has 1 saturated heterocycles. The number of alkyl halides is 3. The predicted octanol–water partition coefficient (Wildman–Crippen LogP) is 6.35. The Labute approximate surface area is 289 Å². The predicted molar refractivity (Wildman–Crippen MR) is 183 cm³/mol. The first-order valence-electron chi connectivity index (χ1n) is 16.4. The van der Waals surface area contributed by atoms with E-state index in [-0.39, 0.29) is 28.4 Å². The van der Waals surface area contributed by atoms with Crippen molar-refractivity contribution in [3.8, 4) is 11.1 Å². The third-order valence-electron chi connectivity index (χ3n) is 9.88. The largest absolute Gasteiger partial charge is 0.417 e. The third-order valence-corrected chi connectivity index (χ3v) is 9.88. The van der Waals surface area contributed by atoms with E-state index < -0.39 is 46.4 Å². The highest BCUT2D eigenvalue weighted by Crippen LogP contribution is 2.48. The average molecular weight is 707 g/mol. The maximum absolute atomic E-state index is 15.3. The summed E-state index contributed by atoms with van der Waals surface area (Å²) >= 11 is 0. The number of nitrogens with zero attached hydrogens (tertiary/aromatic N) is 5. The van der Waals surface area contributed by atoms with E-state index in [2.05, 4.69) is 10.3 Å². The van der Waals surface area contributed by atoms with Crippen LogP contribution in [0.25, 0.3) is 27.7 Å². The molecule has 1 amide bonds. The van der Waals surface area contributed by atoms with Crippen LogP contribution in [0.2, 0.25) is 0 Å². The number of rotatable bonds is 7. The van der Waals surface area contributed by atoms with Crippen molar-refractivity contribution >= 4 is 39.6 Å². The Kier molecular flexibility index (Phi) is 8.29. The number of hydrogen-bond donors (Lipinski definition) is 2. The summed E-state index contributed by atoms with van der Waals surface area (Å²) < 4.78 is 77.9. The van der Waals surface area contributed by atoms with Gasteiger partial charge in [0, 0.05) is 68.7 Å². The number of hydrogen-bond acceptors (Lipinski definition) is 6. The first-order chi connectivity index (χ1) is 24.0. The Morgan fingerprint density at radius 2 is 1.80 bits per heavy atom. The van der Waals surface area contributed by atoms with Crippen LogP contribution in [0, 0.1) is 11.6 Å². The van der Waals surface area contributed by atoms with Gasteiger partial charge in [0.15, 0.2) is 0 Å². The molecule has 5 heterocycles. The molecule has 0 saturated carbocycles. The van der Waals surface area contributed by atoms with Crippen molar-refractivity contribution in [2.24, 2.45) is 7.05 Å². The minimum atomic E-state index is -4.72. The topological polar surface area (TPSA) is 95.1 Å². The number of nitrogens with one attached hydrogen (secondary N) is 1. The third kappa shape index (κ3) is 5.95. The highest BCUT2D eigenvalue weighted by atomic mass is 19.4. The van der Waals surface area contributed by atoms with Crippen LogP contribution in [-0.4, -0.2) is 74.0 Å². The zero-order valence-electron chi connectivity index (χ0n) is 28.3. The van der Waals surface area contributed by atoms with Gasteiger partial charge in [-0.1, -0.05) is 12.1 Å². The number of carbonyl (C=O) groups excluding carboxylic acids is 2. The molecule has 7 rings (SSSR count). The van der Waals surface area contributed by atoms with Crippen LogP contribution in [-0.2, 0) is 24.4 Å². The van der Waals surface area contributed by atoms with Crippen LogP contribution in [0.15, 0.2) is 61.1 Å². The summed E-state index contributed by atoms with van der Waals surface area (Å²) in [5.41, 5.74) is -0.670. The number of ketones is 1. The normalized spacial score (nSPS) is 16.7. The van der Waals surface area contributed by atoms with Gasteiger partial charge < -0.3 is 24.3 Å². The molecule has 1 atom stereocenters. The van der Waals surface area contributed by atoms with E-state index in [4.69, 9.17) is 0 Å². The van der Waals surface area contributed by atoms with Crippen molar-refractivity contribution in [1.82, 2.24) is 18.9 Å². The molecule has 266 valence electrons. The van der Waals surface area contributed by atoms with Gasteiger partial charge in [0.2, 0.25) is 11.7 Å². The molecule has 9 nitrogen and oxygen atoms in total. The number of halogens is 5. The first-order valence-corrected chi connectivity index (χ1v) is 16.4. The summed E-state index contributed by atoms with van der Waals surface area (Å²) in [6.45, 7) is 4.82. The van der Waals surface area contributed by atoms with E-state index in [1.807, 2.05) is 4.90 Å². The smallest absolute Gasteiger partial charge is 0.389 e. The number of likely N-dealkylation sites (tertiary alicyclic amines) is 1. The molecule has 0 unspecified atom stereocenters. The van der Waals surface area contributed by atoms with Crippen molar-refractivity contribution in [1.29, 1.82) is 0 Å². The Hall–Kier alpha value is -5.08. The Morgan fingerprint density at radius 3 is 2.45 bits per heavy atom. The van der Waals surface area contributed by atoms with Gasteiger partial charge in [0.25, 0.3) is 0 Å². The number of imidazole rings is 1. The maximum atomic E-state index is 15.3. The second kappa shape index (κ2) is 12.3. The quantitative estimate of drug-likeness (QED) is 0.116. The van der Waals surface area contributed by atoms with Gasteiger partial charge in [-0.15, -0.1) is 0 Å². The summed E-state index contributed by atoms with van der Waals surface area (Å²) in [5.74, 6) is -3.88. The Balaban J connectivity index is 1.23. The van der Waals surface area contributed by atoms with Gasteiger partial charge in [-0.05, 0) is 62.6 Å². The molecule has 2 aliphatic rings. The molecule has 3 aromatic heterocycles. The second-order valence-corrected chi connectivity index (χ2v) is 13.7. The Bertz CT molecular complexity index is 2240. The van der Waals surface area contributed by atoms with Crippen LogP contribution >= 0.6 is 0 Å². The van der Waals surface area contributed by atoms with Crippen LogP contribution in [0.4, 0.5) is 33.3 Å². The van der Waals surface area contributed by atoms with E-state index in [0.29, 0.717) is 47.3 Å². The Morgan fingerprint density at radius 1 is 1.08 bits per heavy atom. The van der Waals surface area contributed by atoms with E-state index in [1.54, 1.807) is 45.0 Å². The molecule has 51 heavy (non-hydrogen) atoms. The number of carbonyl (C=O) groups is 2. The highest BCUT2D eigenvalue weighted by Gasteiger charge is 2.40. The minimum absolute atomic E-state index is 0.00861. The van der Waals surface area contributed by atoms with Crippen molar-refractivity contribution < 1.29 is 36.6 Å². The second-order valence-electron chi connectivity index (χ2n) is 13.7. The minimum Gasteiger partial charge on any atom is -0.389 e. The number of pyridine rings is 1. The standard InChI is InChI=1S/C37H35F5N6O3/c1-36(2,51)28-10-14-47(28)11-6-8-29(49)44-31-24(38)15-21(16-25(31)39)35(50)27-17-20-9-13-45(3)34-30(22-7-5-12-48(27)33(20)22)23(37(40,41)42)18-26-32(34)43-19-46(26)4/h5-8,12,15-19,28,51H,9-11,13-14H2,1-4H3,(H,44,49)/b8-6+/t28-/m0/s1. The van der Waals surface area contributed by atoms with Crippen molar-refractivity contribution in [3.63, 3.8) is 0 Å². The zero-order valence-corrected chi connectivity index (χ0v) is 28.3. The SMILES string of the molecule is CN1CCc2cc(C(=O)c3cc(F)c(NC(=O)/C=C/CN4CC[C@H]4C(C)(C)O)c(F)c3)n3cccc(c23)-c2c(C(F)(F)F)cc3c(ncn3C)c21. The number of benzene rings is 2. The lowest BCUT2D eigenvalue weighted by molar-refractivity contribution is -0.137. The molecule has 2 aromatic carbocycles. The molecule has 1 fully saturated rings. The van der Waals surface area contributed by atoms with E-state index in [0.717, 1.165) is 37.2 Å². The molecule has 0 spiro atoms. The van der Waals surface area contributed by atoms with Crippen molar-refractivity contribution in [2.45, 2.75) is 44.5 Å². The van der Waals surface area contributed by atoms with Crippen molar-refractivity contribution in [3.05, 3.63) is 95.1 Å². The lowest BCUT2D eigenvalue weighted by Crippen LogP contribution is -2.58. The molecule has 0 radical (unpaired) electrons. The lowest BCUT2D eigenvalue weighted by Gasteiger charge is -2.46. The highest BCUT2D eigenvalue weighted by molar-refractivity contribution is 6.11. The summed E-state index contributed by atoms with van der Waals surface area (Å²) in [6, 6.07) is 7.29.